The van der Waals surface area contributed by atoms with Gasteiger partial charge in [0.25, 0.3) is 5.91 Å². The summed E-state index contributed by atoms with van der Waals surface area (Å²) >= 11 is 6.02. The maximum absolute atomic E-state index is 12.7. The van der Waals surface area contributed by atoms with Crippen LogP contribution in [0.1, 0.15) is 27.7 Å². The fourth-order valence-corrected chi connectivity index (χ4v) is 3.31. The van der Waals surface area contributed by atoms with E-state index in [0.29, 0.717) is 22.4 Å². The number of aromatic nitrogens is 6. The monoisotopic (exact) mass is 486 g/mol. The van der Waals surface area contributed by atoms with Crippen molar-refractivity contribution in [3.05, 3.63) is 77.1 Å². The van der Waals surface area contributed by atoms with Crippen LogP contribution in [0, 0.1) is 6.92 Å². The SMILES string of the molecule is Cc1cnc(Nc2ccnn2C)nc1-n1cnc(C(=O)N[C@H](CO)c2cccc(Cl)c2)c1.S. The van der Waals surface area contributed by atoms with Crippen LogP contribution in [0.25, 0.3) is 5.82 Å². The molecule has 1 aromatic carbocycles. The number of aliphatic hydroxyl groups is 1. The summed E-state index contributed by atoms with van der Waals surface area (Å²) in [5, 5.41) is 20.2. The van der Waals surface area contributed by atoms with Gasteiger partial charge in [-0.05, 0) is 24.6 Å². The van der Waals surface area contributed by atoms with Crippen molar-refractivity contribution >= 4 is 42.8 Å². The predicted octanol–water partition coefficient (Wildman–Crippen LogP) is 2.68. The van der Waals surface area contributed by atoms with Crippen LogP contribution in [-0.2, 0) is 7.05 Å². The summed E-state index contributed by atoms with van der Waals surface area (Å²) in [7, 11) is 1.81. The van der Waals surface area contributed by atoms with Gasteiger partial charge in [0.15, 0.2) is 0 Å². The van der Waals surface area contributed by atoms with Crippen LogP contribution in [-0.4, -0.2) is 46.9 Å². The third-order valence-corrected chi connectivity index (χ3v) is 5.04. The Bertz CT molecular complexity index is 1260. The van der Waals surface area contributed by atoms with Crippen molar-refractivity contribution < 1.29 is 9.90 Å². The fraction of sp³-hybridized carbons (Fsp3) is 0.190. The van der Waals surface area contributed by atoms with Gasteiger partial charge in [-0.25, -0.2) is 9.97 Å². The number of aliphatic hydroxyl groups excluding tert-OH is 1. The van der Waals surface area contributed by atoms with Gasteiger partial charge in [-0.3, -0.25) is 14.0 Å². The summed E-state index contributed by atoms with van der Waals surface area (Å²) in [6.45, 7) is 1.59. The highest BCUT2D eigenvalue weighted by Gasteiger charge is 2.18. The van der Waals surface area contributed by atoms with E-state index in [0.717, 1.165) is 11.4 Å². The number of aryl methyl sites for hydroxylation is 2. The molecule has 4 aromatic rings. The van der Waals surface area contributed by atoms with Crippen molar-refractivity contribution in [3.8, 4) is 5.82 Å². The first-order valence-corrected chi connectivity index (χ1v) is 10.1. The van der Waals surface area contributed by atoms with E-state index in [1.807, 2.05) is 6.92 Å². The molecule has 3 N–H and O–H groups in total. The highest BCUT2D eigenvalue weighted by atomic mass is 35.5. The van der Waals surface area contributed by atoms with E-state index in [2.05, 4.69) is 30.7 Å². The van der Waals surface area contributed by atoms with Gasteiger partial charge in [0.1, 0.15) is 23.7 Å². The molecule has 0 saturated heterocycles. The lowest BCUT2D eigenvalue weighted by atomic mass is 10.1. The Hall–Kier alpha value is -3.41. The number of benzene rings is 1. The number of carbonyl (C=O) groups is 1. The summed E-state index contributed by atoms with van der Waals surface area (Å²) in [4.78, 5) is 25.8. The Morgan fingerprint density at radius 2 is 2.09 bits per heavy atom. The molecule has 3 heterocycles. The molecule has 0 aliphatic heterocycles. The average Bonchev–Trinajstić information content (AvgIpc) is 3.43. The Balaban J connectivity index is 0.00000306. The lowest BCUT2D eigenvalue weighted by molar-refractivity contribution is 0.0911. The number of nitrogens with one attached hydrogen (secondary N) is 2. The number of anilines is 2. The number of nitrogens with zero attached hydrogens (tertiary/aromatic N) is 6. The molecular formula is C21H23ClN8O2S. The number of carbonyl (C=O) groups excluding carboxylic acids is 1. The first kappa shape index (κ1) is 24.2. The van der Waals surface area contributed by atoms with Crippen LogP contribution >= 0.6 is 25.1 Å². The molecule has 1 amide bonds. The van der Waals surface area contributed by atoms with Crippen molar-refractivity contribution in [1.29, 1.82) is 0 Å². The van der Waals surface area contributed by atoms with Gasteiger partial charge in [-0.15, -0.1) is 0 Å². The van der Waals surface area contributed by atoms with E-state index in [4.69, 9.17) is 11.6 Å². The molecule has 3 aromatic heterocycles. The number of rotatable bonds is 7. The minimum atomic E-state index is -0.609. The Kier molecular flexibility index (Phi) is 7.69. The molecular weight excluding hydrogens is 464 g/mol. The molecule has 4 rings (SSSR count). The number of hydrogen-bond donors (Lipinski definition) is 3. The lowest BCUT2D eigenvalue weighted by Gasteiger charge is -2.16. The molecule has 0 aliphatic carbocycles. The number of imidazole rings is 1. The van der Waals surface area contributed by atoms with Crippen molar-refractivity contribution in [3.63, 3.8) is 0 Å². The van der Waals surface area contributed by atoms with E-state index < -0.39 is 11.9 Å². The van der Waals surface area contributed by atoms with Crippen LogP contribution in [0.15, 0.2) is 55.2 Å². The van der Waals surface area contributed by atoms with Crippen molar-refractivity contribution in [2.45, 2.75) is 13.0 Å². The van der Waals surface area contributed by atoms with Crippen LogP contribution in [0.2, 0.25) is 5.02 Å². The molecule has 0 fully saturated rings. The summed E-state index contributed by atoms with van der Waals surface area (Å²) < 4.78 is 3.31. The largest absolute Gasteiger partial charge is 0.394 e. The van der Waals surface area contributed by atoms with Crippen LogP contribution in [0.4, 0.5) is 11.8 Å². The van der Waals surface area contributed by atoms with Crippen LogP contribution in [0.3, 0.4) is 0 Å². The summed E-state index contributed by atoms with van der Waals surface area (Å²) in [6.07, 6.45) is 6.43. The minimum Gasteiger partial charge on any atom is -0.394 e. The number of amides is 1. The molecule has 0 saturated carbocycles. The smallest absolute Gasteiger partial charge is 0.272 e. The molecule has 0 bridgehead atoms. The Labute approximate surface area is 202 Å². The van der Waals surface area contributed by atoms with E-state index in [-0.39, 0.29) is 25.8 Å². The highest BCUT2D eigenvalue weighted by Crippen LogP contribution is 2.19. The average molecular weight is 487 g/mol. The molecule has 1 atom stereocenters. The standard InChI is InChI=1S/C21H21ClN8O2.H2S/c1-13-9-23-21(27-18-6-7-25-29(18)2)28-19(13)30-10-16(24-12-30)20(32)26-17(11-31)14-4-3-5-15(22)8-14;/h3-10,12,17,31H,11H2,1-2H3,(H,26,32)(H,23,27,28);1H2/t17-;/m1./s1. The molecule has 10 nitrogen and oxygen atoms in total. The zero-order chi connectivity index (χ0) is 22.7. The summed E-state index contributed by atoms with van der Waals surface area (Å²) in [6, 6.07) is 8.16. The second-order valence-corrected chi connectivity index (χ2v) is 7.53. The van der Waals surface area contributed by atoms with Crippen molar-refractivity contribution in [1.82, 2.24) is 34.6 Å². The zero-order valence-electron chi connectivity index (χ0n) is 17.9. The molecule has 0 unspecified atom stereocenters. The fourth-order valence-electron chi connectivity index (χ4n) is 3.11. The zero-order valence-corrected chi connectivity index (χ0v) is 19.7. The van der Waals surface area contributed by atoms with E-state index in [1.54, 1.807) is 65.2 Å². The Morgan fingerprint density at radius 1 is 1.27 bits per heavy atom. The van der Waals surface area contributed by atoms with Gasteiger partial charge in [0.05, 0.1) is 18.8 Å². The van der Waals surface area contributed by atoms with Crippen LogP contribution < -0.4 is 10.6 Å². The maximum Gasteiger partial charge on any atom is 0.272 e. The molecule has 0 spiro atoms. The first-order valence-electron chi connectivity index (χ1n) is 9.75. The maximum atomic E-state index is 12.7. The van der Waals surface area contributed by atoms with Gasteiger partial charge in [0.2, 0.25) is 5.95 Å². The summed E-state index contributed by atoms with van der Waals surface area (Å²) in [5.74, 6) is 1.27. The Morgan fingerprint density at radius 3 is 2.79 bits per heavy atom. The first-order chi connectivity index (χ1) is 15.4. The predicted molar refractivity (Wildman–Crippen MR) is 130 cm³/mol. The molecule has 0 aliphatic rings. The van der Waals surface area contributed by atoms with E-state index >= 15 is 0 Å². The third-order valence-electron chi connectivity index (χ3n) is 4.80. The lowest BCUT2D eigenvalue weighted by Crippen LogP contribution is -2.31. The molecule has 172 valence electrons. The third kappa shape index (κ3) is 5.51. The number of halogens is 1. The second-order valence-electron chi connectivity index (χ2n) is 7.10. The second kappa shape index (κ2) is 10.5. The van der Waals surface area contributed by atoms with E-state index in [9.17, 15) is 9.90 Å². The van der Waals surface area contributed by atoms with Gasteiger partial charge in [-0.1, -0.05) is 23.7 Å². The number of hydrogen-bond acceptors (Lipinski definition) is 7. The molecule has 0 radical (unpaired) electrons. The normalized spacial score (nSPS) is 11.5. The van der Waals surface area contributed by atoms with E-state index in [1.165, 1.54) is 6.33 Å². The summed E-state index contributed by atoms with van der Waals surface area (Å²) in [5.41, 5.74) is 1.69. The van der Waals surface area contributed by atoms with Gasteiger partial charge < -0.3 is 15.7 Å². The van der Waals surface area contributed by atoms with Gasteiger partial charge in [0, 0.05) is 36.1 Å². The minimum absolute atomic E-state index is 0. The topological polar surface area (TPSA) is 123 Å². The molecule has 12 heteroatoms. The van der Waals surface area contributed by atoms with Crippen molar-refractivity contribution in [2.24, 2.45) is 7.05 Å². The highest BCUT2D eigenvalue weighted by molar-refractivity contribution is 7.59. The quantitative estimate of drug-likeness (QED) is 0.367. The molecule has 33 heavy (non-hydrogen) atoms. The van der Waals surface area contributed by atoms with Gasteiger partial charge >= 0.3 is 0 Å². The van der Waals surface area contributed by atoms with Crippen LogP contribution in [0.5, 0.6) is 0 Å². The van der Waals surface area contributed by atoms with Crippen molar-refractivity contribution in [2.75, 3.05) is 11.9 Å². The van der Waals surface area contributed by atoms with Gasteiger partial charge in [-0.2, -0.15) is 23.6 Å².